The zero-order valence-electron chi connectivity index (χ0n) is 14.6. The number of Topliss-reactive ketones (excluding diaryl/α,β-unsaturated/α-hetero) is 1. The molecular formula is C19H26ClNO4. The molecule has 2 N–H and O–H groups in total. The fraction of sp³-hybridized carbons (Fsp3) is 0.526. The van der Waals surface area contributed by atoms with Crippen molar-refractivity contribution in [2.75, 3.05) is 0 Å². The quantitative estimate of drug-likeness (QED) is 0.322. The Labute approximate surface area is 153 Å². The van der Waals surface area contributed by atoms with Gasteiger partial charge in [0.25, 0.3) is 0 Å². The van der Waals surface area contributed by atoms with Crippen LogP contribution in [0.3, 0.4) is 0 Å². The van der Waals surface area contributed by atoms with E-state index in [1.165, 1.54) is 6.20 Å². The molecule has 1 aromatic rings. The number of unbranched alkanes of at least 4 members (excludes halogenated alkanes) is 2. The van der Waals surface area contributed by atoms with Gasteiger partial charge in [-0.1, -0.05) is 49.9 Å². The zero-order valence-corrected chi connectivity index (χ0v) is 15.3. The van der Waals surface area contributed by atoms with E-state index in [-0.39, 0.29) is 30.2 Å². The first-order chi connectivity index (χ1) is 11.9. The molecule has 0 radical (unpaired) electrons. The molecule has 138 valence electrons. The van der Waals surface area contributed by atoms with E-state index < -0.39 is 12.1 Å². The third kappa shape index (κ3) is 8.79. The van der Waals surface area contributed by atoms with Crippen LogP contribution in [-0.2, 0) is 4.79 Å². The molecule has 1 atom stereocenters. The molecule has 0 aliphatic heterocycles. The van der Waals surface area contributed by atoms with Crippen molar-refractivity contribution >= 4 is 29.4 Å². The molecule has 1 unspecified atom stereocenters. The van der Waals surface area contributed by atoms with Crippen molar-refractivity contribution in [1.29, 1.82) is 0 Å². The third-order valence-electron chi connectivity index (χ3n) is 3.84. The normalized spacial score (nSPS) is 12.4. The van der Waals surface area contributed by atoms with E-state index in [4.69, 9.17) is 16.7 Å². The summed E-state index contributed by atoms with van der Waals surface area (Å²) in [5, 5.41) is 18.9. The molecule has 1 rings (SSSR count). The maximum Gasteiger partial charge on any atom is 0.303 e. The molecule has 1 aromatic heterocycles. The van der Waals surface area contributed by atoms with E-state index in [0.717, 1.165) is 25.7 Å². The van der Waals surface area contributed by atoms with E-state index in [9.17, 15) is 14.7 Å². The summed E-state index contributed by atoms with van der Waals surface area (Å²) in [6.45, 7) is 2.12. The minimum Gasteiger partial charge on any atom is -0.481 e. The van der Waals surface area contributed by atoms with Crippen LogP contribution in [0.25, 0.3) is 6.08 Å². The highest BCUT2D eigenvalue weighted by molar-refractivity contribution is 6.29. The number of aromatic nitrogens is 1. The van der Waals surface area contributed by atoms with E-state index in [1.54, 1.807) is 12.1 Å². The second-order valence-corrected chi connectivity index (χ2v) is 6.44. The Balaban J connectivity index is 2.68. The van der Waals surface area contributed by atoms with E-state index in [1.807, 2.05) is 6.08 Å². The minimum absolute atomic E-state index is 0.0398. The smallest absolute Gasteiger partial charge is 0.303 e. The first kappa shape index (κ1) is 21.3. The van der Waals surface area contributed by atoms with Crippen molar-refractivity contribution in [2.24, 2.45) is 0 Å². The highest BCUT2D eigenvalue weighted by atomic mass is 35.5. The number of rotatable bonds is 12. The standard InChI is InChI=1S/C19H26ClNO4/c1-2-3-4-8-15(22)9-5-7-14-12-18(20)21-13-16(14)17(23)10-6-11-19(24)25/h5,7,12-13,15,22H,2-4,6,8-11H2,1H3,(H,24,25)/b7-5+. The lowest BCUT2D eigenvalue weighted by atomic mass is 10.0. The Morgan fingerprint density at radius 1 is 1.28 bits per heavy atom. The molecule has 6 heteroatoms. The Hall–Kier alpha value is -1.72. The van der Waals surface area contributed by atoms with Crippen LogP contribution in [-0.4, -0.2) is 33.1 Å². The summed E-state index contributed by atoms with van der Waals surface area (Å²) in [6, 6.07) is 1.60. The van der Waals surface area contributed by atoms with Gasteiger partial charge in [0.15, 0.2) is 5.78 Å². The van der Waals surface area contributed by atoms with Gasteiger partial charge in [-0.05, 0) is 30.9 Å². The first-order valence-corrected chi connectivity index (χ1v) is 9.07. The molecule has 25 heavy (non-hydrogen) atoms. The first-order valence-electron chi connectivity index (χ1n) is 8.69. The molecule has 0 saturated heterocycles. The lowest BCUT2D eigenvalue weighted by molar-refractivity contribution is -0.137. The molecule has 0 aliphatic rings. The largest absolute Gasteiger partial charge is 0.481 e. The lowest BCUT2D eigenvalue weighted by Crippen LogP contribution is -2.05. The van der Waals surface area contributed by atoms with Crippen molar-refractivity contribution < 1.29 is 19.8 Å². The number of carbonyl (C=O) groups excluding carboxylic acids is 1. The van der Waals surface area contributed by atoms with Crippen LogP contribution >= 0.6 is 11.6 Å². The number of pyridine rings is 1. The number of nitrogens with zero attached hydrogens (tertiary/aromatic N) is 1. The van der Waals surface area contributed by atoms with Crippen LogP contribution in [0.4, 0.5) is 0 Å². The Morgan fingerprint density at radius 2 is 2.04 bits per heavy atom. The fourth-order valence-electron chi connectivity index (χ4n) is 2.45. The number of hydrogen-bond donors (Lipinski definition) is 2. The van der Waals surface area contributed by atoms with Crippen LogP contribution in [0.5, 0.6) is 0 Å². The van der Waals surface area contributed by atoms with Gasteiger partial charge in [-0.25, -0.2) is 4.98 Å². The number of carboxylic acid groups (broad SMARTS) is 1. The van der Waals surface area contributed by atoms with Crippen LogP contribution < -0.4 is 0 Å². The molecule has 0 bridgehead atoms. The van der Waals surface area contributed by atoms with Gasteiger partial charge in [0, 0.05) is 24.6 Å². The highest BCUT2D eigenvalue weighted by Crippen LogP contribution is 2.18. The zero-order chi connectivity index (χ0) is 18.7. The van der Waals surface area contributed by atoms with Gasteiger partial charge in [0.1, 0.15) is 5.15 Å². The van der Waals surface area contributed by atoms with E-state index in [2.05, 4.69) is 11.9 Å². The van der Waals surface area contributed by atoms with E-state index >= 15 is 0 Å². The van der Waals surface area contributed by atoms with E-state index in [0.29, 0.717) is 17.5 Å². The van der Waals surface area contributed by atoms with Crippen molar-refractivity contribution in [3.05, 3.63) is 34.6 Å². The number of aliphatic hydroxyl groups excluding tert-OH is 1. The molecule has 0 aliphatic carbocycles. The van der Waals surface area contributed by atoms with Gasteiger partial charge < -0.3 is 10.2 Å². The van der Waals surface area contributed by atoms with Crippen LogP contribution in [0, 0.1) is 0 Å². The topological polar surface area (TPSA) is 87.5 Å². The predicted octanol–water partition coefficient (Wildman–Crippen LogP) is 4.52. The summed E-state index contributed by atoms with van der Waals surface area (Å²) in [4.78, 5) is 26.8. The number of hydrogen-bond acceptors (Lipinski definition) is 4. The monoisotopic (exact) mass is 367 g/mol. The van der Waals surface area contributed by atoms with Crippen LogP contribution in [0.15, 0.2) is 18.3 Å². The SMILES string of the molecule is CCCCCC(O)C/C=C/c1cc(Cl)ncc1C(=O)CCCC(=O)O. The van der Waals surface area contributed by atoms with Crippen molar-refractivity contribution in [1.82, 2.24) is 4.98 Å². The number of aliphatic carboxylic acids is 1. The molecule has 0 saturated carbocycles. The average Bonchev–Trinajstić information content (AvgIpc) is 2.54. The predicted molar refractivity (Wildman–Crippen MR) is 98.9 cm³/mol. The second-order valence-electron chi connectivity index (χ2n) is 6.05. The molecule has 0 fully saturated rings. The fourth-order valence-corrected chi connectivity index (χ4v) is 2.62. The molecule has 1 heterocycles. The van der Waals surface area contributed by atoms with Crippen molar-refractivity contribution in [3.8, 4) is 0 Å². The number of aliphatic hydroxyl groups is 1. The van der Waals surface area contributed by atoms with Gasteiger partial charge in [0.05, 0.1) is 6.10 Å². The number of carboxylic acids is 1. The van der Waals surface area contributed by atoms with Gasteiger partial charge in [-0.2, -0.15) is 0 Å². The molecule has 5 nitrogen and oxygen atoms in total. The highest BCUT2D eigenvalue weighted by Gasteiger charge is 2.12. The van der Waals surface area contributed by atoms with Gasteiger partial charge in [0.2, 0.25) is 0 Å². The van der Waals surface area contributed by atoms with Crippen molar-refractivity contribution in [3.63, 3.8) is 0 Å². The second kappa shape index (κ2) is 11.8. The van der Waals surface area contributed by atoms with Gasteiger partial charge in [-0.15, -0.1) is 0 Å². The maximum atomic E-state index is 12.3. The summed E-state index contributed by atoms with van der Waals surface area (Å²) in [5.41, 5.74) is 1.06. The van der Waals surface area contributed by atoms with Crippen LogP contribution in [0.2, 0.25) is 5.15 Å². The molecular weight excluding hydrogens is 342 g/mol. The lowest BCUT2D eigenvalue weighted by Gasteiger charge is -2.08. The number of halogens is 1. The number of ketones is 1. The third-order valence-corrected chi connectivity index (χ3v) is 4.05. The summed E-state index contributed by atoms with van der Waals surface area (Å²) in [7, 11) is 0. The Morgan fingerprint density at radius 3 is 2.72 bits per heavy atom. The van der Waals surface area contributed by atoms with Gasteiger partial charge >= 0.3 is 5.97 Å². The van der Waals surface area contributed by atoms with Crippen LogP contribution in [0.1, 0.15) is 74.2 Å². The summed E-state index contributed by atoms with van der Waals surface area (Å²) in [6.07, 6.45) is 9.51. The number of carbonyl (C=O) groups is 2. The maximum absolute atomic E-state index is 12.3. The summed E-state index contributed by atoms with van der Waals surface area (Å²) >= 11 is 5.91. The average molecular weight is 368 g/mol. The molecule has 0 spiro atoms. The molecule has 0 amide bonds. The molecule has 0 aromatic carbocycles. The van der Waals surface area contributed by atoms with Gasteiger partial charge in [-0.3, -0.25) is 9.59 Å². The minimum atomic E-state index is -0.917. The van der Waals surface area contributed by atoms with Crippen molar-refractivity contribution in [2.45, 2.75) is 64.4 Å². The summed E-state index contributed by atoms with van der Waals surface area (Å²) < 4.78 is 0. The Kier molecular flexibility index (Phi) is 10.0. The summed E-state index contributed by atoms with van der Waals surface area (Å²) in [5.74, 6) is -1.08. The Bertz CT molecular complexity index is 601.